The van der Waals surface area contributed by atoms with Gasteiger partial charge in [0, 0.05) is 17.0 Å². The van der Waals surface area contributed by atoms with Crippen LogP contribution >= 0.6 is 11.6 Å². The minimum atomic E-state index is 0.289. The van der Waals surface area contributed by atoms with Gasteiger partial charge in [-0.15, -0.1) is 0 Å². The number of benzene rings is 1. The Morgan fingerprint density at radius 2 is 2.00 bits per heavy atom. The molecular weight excluding hydrogens is 248 g/mol. The number of hydrogen-bond acceptors (Lipinski definition) is 3. The molecular formula is C13H5ClN4. The second-order valence-electron chi connectivity index (χ2n) is 3.78. The van der Waals surface area contributed by atoms with E-state index >= 15 is 0 Å². The van der Waals surface area contributed by atoms with Gasteiger partial charge >= 0.3 is 0 Å². The van der Waals surface area contributed by atoms with Crippen molar-refractivity contribution in [1.82, 2.24) is 9.97 Å². The molecule has 4 nitrogen and oxygen atoms in total. The Balaban J connectivity index is 2.66. The maximum absolute atomic E-state index is 9.10. The first-order valence-corrected chi connectivity index (χ1v) is 5.53. The number of halogens is 1. The zero-order valence-corrected chi connectivity index (χ0v) is 9.78. The van der Waals surface area contributed by atoms with E-state index < -0.39 is 0 Å². The molecule has 0 saturated carbocycles. The van der Waals surface area contributed by atoms with Crippen molar-refractivity contribution in [1.29, 1.82) is 10.5 Å². The third-order valence-corrected chi connectivity index (χ3v) is 3.15. The monoisotopic (exact) mass is 252 g/mol. The Hall–Kier alpha value is -2.56. The van der Waals surface area contributed by atoms with Crippen LogP contribution in [0, 0.1) is 22.7 Å². The summed E-state index contributed by atoms with van der Waals surface area (Å²) in [4.78, 5) is 7.10. The number of rotatable bonds is 0. The fourth-order valence-corrected chi connectivity index (χ4v) is 2.28. The van der Waals surface area contributed by atoms with Crippen molar-refractivity contribution in [3.05, 3.63) is 40.7 Å². The first kappa shape index (κ1) is 10.6. The SMILES string of the molecule is N#Cc1cnc(C#N)c2c1[nH]c1c(Cl)cccc12. The van der Waals surface area contributed by atoms with Crippen molar-refractivity contribution in [2.24, 2.45) is 0 Å². The predicted octanol–water partition coefficient (Wildman–Crippen LogP) is 3.11. The summed E-state index contributed by atoms with van der Waals surface area (Å²) >= 11 is 6.10. The number of hydrogen-bond donors (Lipinski definition) is 1. The summed E-state index contributed by atoms with van der Waals surface area (Å²) in [5, 5.41) is 20.2. The number of para-hydroxylation sites is 1. The molecule has 0 saturated heterocycles. The fourth-order valence-electron chi connectivity index (χ4n) is 2.06. The van der Waals surface area contributed by atoms with E-state index in [0.29, 0.717) is 21.5 Å². The minimum Gasteiger partial charge on any atom is -0.352 e. The first-order valence-electron chi connectivity index (χ1n) is 5.15. The number of fused-ring (bicyclic) bond motifs is 3. The molecule has 1 N–H and O–H groups in total. The Kier molecular flexibility index (Phi) is 2.19. The summed E-state index contributed by atoms with van der Waals surface area (Å²) in [6.45, 7) is 0. The summed E-state index contributed by atoms with van der Waals surface area (Å²) in [5.41, 5.74) is 2.01. The maximum Gasteiger partial charge on any atom is 0.150 e. The largest absolute Gasteiger partial charge is 0.352 e. The summed E-state index contributed by atoms with van der Waals surface area (Å²) in [7, 11) is 0. The van der Waals surface area contributed by atoms with Gasteiger partial charge in [-0.3, -0.25) is 0 Å². The van der Waals surface area contributed by atoms with Crippen LogP contribution in [0.25, 0.3) is 21.8 Å². The molecule has 18 heavy (non-hydrogen) atoms. The van der Waals surface area contributed by atoms with Crippen LogP contribution in [0.15, 0.2) is 24.4 Å². The summed E-state index contributed by atoms with van der Waals surface area (Å²) in [6, 6.07) is 9.50. The molecule has 3 aromatic rings. The summed E-state index contributed by atoms with van der Waals surface area (Å²) < 4.78 is 0. The lowest BCUT2D eigenvalue weighted by Gasteiger charge is -1.95. The molecule has 3 rings (SSSR count). The number of nitrogens with one attached hydrogen (secondary N) is 1. The molecule has 0 aliphatic rings. The highest BCUT2D eigenvalue weighted by Crippen LogP contribution is 2.32. The third kappa shape index (κ3) is 1.27. The third-order valence-electron chi connectivity index (χ3n) is 2.84. The van der Waals surface area contributed by atoms with Crippen LogP contribution in [0.4, 0.5) is 0 Å². The number of nitriles is 2. The van der Waals surface area contributed by atoms with Crippen LogP contribution in [0.5, 0.6) is 0 Å². The van der Waals surface area contributed by atoms with E-state index in [1.807, 2.05) is 12.1 Å². The number of pyridine rings is 1. The predicted molar refractivity (Wildman–Crippen MR) is 68.0 cm³/mol. The van der Waals surface area contributed by atoms with Crippen LogP contribution in [0.2, 0.25) is 5.02 Å². The van der Waals surface area contributed by atoms with E-state index in [1.165, 1.54) is 6.20 Å². The molecule has 0 radical (unpaired) electrons. The van der Waals surface area contributed by atoms with Gasteiger partial charge in [-0.2, -0.15) is 10.5 Å². The minimum absolute atomic E-state index is 0.289. The van der Waals surface area contributed by atoms with Gasteiger partial charge in [0.2, 0.25) is 0 Å². The van der Waals surface area contributed by atoms with Gasteiger partial charge in [-0.05, 0) is 6.07 Å². The van der Waals surface area contributed by atoms with Crippen molar-refractivity contribution in [3.63, 3.8) is 0 Å². The molecule has 84 valence electrons. The lowest BCUT2D eigenvalue weighted by molar-refractivity contribution is 1.28. The number of aromatic nitrogens is 2. The Morgan fingerprint density at radius 1 is 1.17 bits per heavy atom. The Labute approximate surface area is 107 Å². The quantitative estimate of drug-likeness (QED) is 0.668. The van der Waals surface area contributed by atoms with E-state index in [4.69, 9.17) is 22.1 Å². The molecule has 0 bridgehead atoms. The molecule has 0 atom stereocenters. The molecule has 0 fully saturated rings. The van der Waals surface area contributed by atoms with Gasteiger partial charge in [0.15, 0.2) is 5.69 Å². The highest BCUT2D eigenvalue weighted by Gasteiger charge is 2.14. The highest BCUT2D eigenvalue weighted by atomic mass is 35.5. The van der Waals surface area contributed by atoms with Crippen LogP contribution in [-0.2, 0) is 0 Å². The van der Waals surface area contributed by atoms with Crippen LogP contribution in [0.3, 0.4) is 0 Å². The molecule has 0 unspecified atom stereocenters. The highest BCUT2D eigenvalue weighted by molar-refractivity contribution is 6.36. The molecule has 2 aromatic heterocycles. The van der Waals surface area contributed by atoms with Gasteiger partial charge in [0.1, 0.15) is 12.1 Å². The zero-order chi connectivity index (χ0) is 12.7. The van der Waals surface area contributed by atoms with Crippen molar-refractivity contribution in [2.75, 3.05) is 0 Å². The molecule has 0 aliphatic heterocycles. The Bertz CT molecular complexity index is 864. The molecule has 2 heterocycles. The Morgan fingerprint density at radius 3 is 2.72 bits per heavy atom. The lowest BCUT2D eigenvalue weighted by atomic mass is 10.1. The van der Waals surface area contributed by atoms with Gasteiger partial charge < -0.3 is 4.98 Å². The zero-order valence-electron chi connectivity index (χ0n) is 9.03. The smallest absolute Gasteiger partial charge is 0.150 e. The summed E-state index contributed by atoms with van der Waals surface area (Å²) in [6.07, 6.45) is 1.39. The van der Waals surface area contributed by atoms with E-state index in [9.17, 15) is 0 Å². The van der Waals surface area contributed by atoms with Crippen molar-refractivity contribution >= 4 is 33.4 Å². The molecule has 5 heteroatoms. The number of aromatic amines is 1. The molecule has 1 aromatic carbocycles. The normalized spacial score (nSPS) is 10.4. The molecule has 0 aliphatic carbocycles. The van der Waals surface area contributed by atoms with Crippen molar-refractivity contribution < 1.29 is 0 Å². The van der Waals surface area contributed by atoms with E-state index in [-0.39, 0.29) is 5.69 Å². The topological polar surface area (TPSA) is 76.3 Å². The van der Waals surface area contributed by atoms with Crippen LogP contribution in [-0.4, -0.2) is 9.97 Å². The van der Waals surface area contributed by atoms with Gasteiger partial charge in [-0.25, -0.2) is 4.98 Å². The molecule has 0 amide bonds. The average Bonchev–Trinajstić information content (AvgIpc) is 2.79. The molecule has 0 spiro atoms. The lowest BCUT2D eigenvalue weighted by Crippen LogP contribution is -1.87. The standard InChI is InChI=1S/C13H5ClN4/c14-9-3-1-2-8-11-10(5-16)17-6-7(4-15)12(11)18-13(8)9/h1-3,6,18H. The van der Waals surface area contributed by atoms with Crippen LogP contribution in [0.1, 0.15) is 11.3 Å². The van der Waals surface area contributed by atoms with E-state index in [1.54, 1.807) is 12.1 Å². The van der Waals surface area contributed by atoms with Crippen LogP contribution < -0.4 is 0 Å². The van der Waals surface area contributed by atoms with Gasteiger partial charge in [-0.1, -0.05) is 23.7 Å². The average molecular weight is 253 g/mol. The second kappa shape index (κ2) is 3.73. The summed E-state index contributed by atoms with van der Waals surface area (Å²) in [5.74, 6) is 0. The maximum atomic E-state index is 9.10. The van der Waals surface area contributed by atoms with E-state index in [2.05, 4.69) is 16.0 Å². The fraction of sp³-hybridized carbons (Fsp3) is 0. The van der Waals surface area contributed by atoms with Crippen molar-refractivity contribution in [3.8, 4) is 12.1 Å². The first-order chi connectivity index (χ1) is 8.76. The number of nitrogens with zero attached hydrogens (tertiary/aromatic N) is 3. The number of H-pyrrole nitrogens is 1. The van der Waals surface area contributed by atoms with Gasteiger partial charge in [0.25, 0.3) is 0 Å². The van der Waals surface area contributed by atoms with Gasteiger partial charge in [0.05, 0.1) is 21.6 Å². The van der Waals surface area contributed by atoms with E-state index in [0.717, 1.165) is 10.9 Å². The van der Waals surface area contributed by atoms with Crippen molar-refractivity contribution in [2.45, 2.75) is 0 Å². The second-order valence-corrected chi connectivity index (χ2v) is 4.19.